The number of rotatable bonds is 4. The molecule has 0 amide bonds. The average molecular weight is 302 g/mol. The molecule has 3 rings (SSSR count). The molecule has 4 nitrogen and oxygen atoms in total. The number of carboxylic acids is 1. The number of aromatic carboxylic acids is 1. The van der Waals surface area contributed by atoms with Crippen LogP contribution in [0.5, 0.6) is 0 Å². The van der Waals surface area contributed by atoms with Gasteiger partial charge in [0.2, 0.25) is 5.95 Å². The highest BCUT2D eigenvalue weighted by Gasteiger charge is 2.14. The van der Waals surface area contributed by atoms with Crippen molar-refractivity contribution in [3.63, 3.8) is 0 Å². The molecule has 0 aliphatic heterocycles. The van der Waals surface area contributed by atoms with Crippen LogP contribution in [-0.4, -0.2) is 20.7 Å². The Morgan fingerprint density at radius 2 is 2.05 bits per heavy atom. The van der Waals surface area contributed by atoms with Gasteiger partial charge in [0.05, 0.1) is 11.7 Å². The molecular formula is C15H11FN2O2S. The average Bonchev–Trinajstić information content (AvgIpc) is 2.91. The number of halogens is 1. The highest BCUT2D eigenvalue weighted by atomic mass is 32.2. The quantitative estimate of drug-likeness (QED) is 0.592. The highest BCUT2D eigenvalue weighted by molar-refractivity contribution is 7.98. The molecule has 0 saturated carbocycles. The molecule has 0 unspecified atom stereocenters. The summed E-state index contributed by atoms with van der Waals surface area (Å²) in [5, 5.41) is 12.8. The largest absolute Gasteiger partial charge is 0.478 e. The van der Waals surface area contributed by atoms with Gasteiger partial charge in [0, 0.05) is 16.7 Å². The first-order valence-electron chi connectivity index (χ1n) is 6.22. The standard InChI is InChI=1S/C15H11FN2O2S/c16-14-7-11(21-9-10-4-2-1-3-5-10)6-13-12(15(19)20)8-17-18(13)14/h1-8H,9H2,(H,19,20). The molecule has 0 aliphatic rings. The summed E-state index contributed by atoms with van der Waals surface area (Å²) in [5.74, 6) is -1.00. The van der Waals surface area contributed by atoms with E-state index in [1.165, 1.54) is 17.8 Å². The lowest BCUT2D eigenvalue weighted by atomic mass is 10.2. The minimum Gasteiger partial charge on any atom is -0.478 e. The van der Waals surface area contributed by atoms with Crippen LogP contribution < -0.4 is 0 Å². The third kappa shape index (κ3) is 2.75. The number of pyridine rings is 1. The minimum atomic E-state index is -1.12. The summed E-state index contributed by atoms with van der Waals surface area (Å²) in [6, 6.07) is 12.8. The van der Waals surface area contributed by atoms with Crippen molar-refractivity contribution in [3.8, 4) is 0 Å². The number of carbonyl (C=O) groups is 1. The van der Waals surface area contributed by atoms with E-state index < -0.39 is 11.9 Å². The molecule has 1 N–H and O–H groups in total. The zero-order chi connectivity index (χ0) is 14.8. The van der Waals surface area contributed by atoms with Gasteiger partial charge in [-0.1, -0.05) is 30.3 Å². The second kappa shape index (κ2) is 5.57. The molecule has 0 aliphatic carbocycles. The van der Waals surface area contributed by atoms with Crippen LogP contribution >= 0.6 is 11.8 Å². The molecule has 2 heterocycles. The maximum absolute atomic E-state index is 13.9. The fraction of sp³-hybridized carbons (Fsp3) is 0.0667. The van der Waals surface area contributed by atoms with Crippen molar-refractivity contribution >= 4 is 23.2 Å². The van der Waals surface area contributed by atoms with Crippen LogP contribution in [0, 0.1) is 5.95 Å². The van der Waals surface area contributed by atoms with Gasteiger partial charge in [-0.3, -0.25) is 0 Å². The normalized spacial score (nSPS) is 10.9. The Morgan fingerprint density at radius 1 is 1.29 bits per heavy atom. The number of thioether (sulfide) groups is 1. The number of hydrogen-bond donors (Lipinski definition) is 1. The Balaban J connectivity index is 1.92. The van der Waals surface area contributed by atoms with Crippen LogP contribution in [0.25, 0.3) is 5.52 Å². The molecule has 0 fully saturated rings. The third-order valence-corrected chi connectivity index (χ3v) is 4.07. The zero-order valence-corrected chi connectivity index (χ0v) is 11.7. The second-order valence-electron chi connectivity index (χ2n) is 4.45. The summed E-state index contributed by atoms with van der Waals surface area (Å²) in [6.45, 7) is 0. The Labute approximate surface area is 124 Å². The Hall–Kier alpha value is -2.34. The van der Waals surface area contributed by atoms with Crippen LogP contribution in [0.15, 0.2) is 53.6 Å². The summed E-state index contributed by atoms with van der Waals surface area (Å²) in [4.78, 5) is 11.8. The number of hydrogen-bond acceptors (Lipinski definition) is 3. The van der Waals surface area contributed by atoms with Crippen molar-refractivity contribution < 1.29 is 14.3 Å². The number of aromatic nitrogens is 2. The molecule has 0 saturated heterocycles. The topological polar surface area (TPSA) is 54.6 Å². The van der Waals surface area contributed by atoms with Gasteiger partial charge in [-0.05, 0) is 11.6 Å². The van der Waals surface area contributed by atoms with E-state index in [9.17, 15) is 9.18 Å². The summed E-state index contributed by atoms with van der Waals surface area (Å²) < 4.78 is 14.9. The second-order valence-corrected chi connectivity index (χ2v) is 5.50. The predicted molar refractivity (Wildman–Crippen MR) is 78.1 cm³/mol. The monoisotopic (exact) mass is 302 g/mol. The fourth-order valence-electron chi connectivity index (χ4n) is 2.01. The van der Waals surface area contributed by atoms with Crippen molar-refractivity contribution in [1.82, 2.24) is 9.61 Å². The maximum atomic E-state index is 13.9. The number of carboxylic acid groups (broad SMARTS) is 1. The van der Waals surface area contributed by atoms with Crippen LogP contribution in [0.1, 0.15) is 15.9 Å². The molecular weight excluding hydrogens is 291 g/mol. The van der Waals surface area contributed by atoms with Gasteiger partial charge < -0.3 is 5.11 Å². The first kappa shape index (κ1) is 13.6. The first-order chi connectivity index (χ1) is 10.1. The van der Waals surface area contributed by atoms with E-state index in [2.05, 4.69) is 5.10 Å². The van der Waals surface area contributed by atoms with Crippen molar-refractivity contribution in [2.45, 2.75) is 10.6 Å². The number of nitrogens with zero attached hydrogens (tertiary/aromatic N) is 2. The Morgan fingerprint density at radius 3 is 2.76 bits per heavy atom. The van der Waals surface area contributed by atoms with Crippen molar-refractivity contribution in [2.24, 2.45) is 0 Å². The van der Waals surface area contributed by atoms with Crippen LogP contribution in [-0.2, 0) is 5.75 Å². The summed E-state index contributed by atoms with van der Waals surface area (Å²) >= 11 is 1.45. The third-order valence-electron chi connectivity index (χ3n) is 3.03. The Bertz CT molecular complexity index is 802. The van der Waals surface area contributed by atoms with Crippen LogP contribution in [0.3, 0.4) is 0 Å². The van der Waals surface area contributed by atoms with E-state index in [1.54, 1.807) is 6.07 Å². The summed E-state index contributed by atoms with van der Waals surface area (Å²) in [5.41, 5.74) is 1.38. The van der Waals surface area contributed by atoms with Gasteiger partial charge in [-0.25, -0.2) is 9.31 Å². The molecule has 0 bridgehead atoms. The molecule has 0 radical (unpaired) electrons. The molecule has 6 heteroatoms. The highest BCUT2D eigenvalue weighted by Crippen LogP contribution is 2.26. The van der Waals surface area contributed by atoms with E-state index >= 15 is 0 Å². The van der Waals surface area contributed by atoms with Gasteiger partial charge in [0.25, 0.3) is 0 Å². The van der Waals surface area contributed by atoms with Crippen molar-refractivity contribution in [3.05, 3.63) is 65.7 Å². The lowest BCUT2D eigenvalue weighted by molar-refractivity contribution is 0.0699. The van der Waals surface area contributed by atoms with E-state index in [0.717, 1.165) is 16.3 Å². The van der Waals surface area contributed by atoms with Crippen molar-refractivity contribution in [2.75, 3.05) is 0 Å². The number of benzene rings is 1. The predicted octanol–water partition coefficient (Wildman–Crippen LogP) is 3.46. The van der Waals surface area contributed by atoms with Gasteiger partial charge >= 0.3 is 5.97 Å². The molecule has 21 heavy (non-hydrogen) atoms. The van der Waals surface area contributed by atoms with E-state index in [1.807, 2.05) is 30.3 Å². The van der Waals surface area contributed by atoms with E-state index in [4.69, 9.17) is 5.11 Å². The first-order valence-corrected chi connectivity index (χ1v) is 7.21. The molecule has 0 spiro atoms. The van der Waals surface area contributed by atoms with Gasteiger partial charge in [0.1, 0.15) is 5.56 Å². The lowest BCUT2D eigenvalue weighted by Gasteiger charge is -2.04. The van der Waals surface area contributed by atoms with Gasteiger partial charge in [-0.15, -0.1) is 11.8 Å². The smallest absolute Gasteiger partial charge is 0.339 e. The van der Waals surface area contributed by atoms with Crippen LogP contribution in [0.2, 0.25) is 0 Å². The van der Waals surface area contributed by atoms with E-state index in [0.29, 0.717) is 10.6 Å². The molecule has 0 atom stereocenters. The summed E-state index contributed by atoms with van der Waals surface area (Å²) in [7, 11) is 0. The SMILES string of the molecule is O=C(O)c1cnn2c(F)cc(SCc3ccccc3)cc12. The zero-order valence-electron chi connectivity index (χ0n) is 10.9. The van der Waals surface area contributed by atoms with Gasteiger partial charge in [-0.2, -0.15) is 9.49 Å². The number of fused-ring (bicyclic) bond motifs is 1. The molecule has 1 aromatic carbocycles. The maximum Gasteiger partial charge on any atom is 0.339 e. The lowest BCUT2D eigenvalue weighted by Crippen LogP contribution is -1.98. The minimum absolute atomic E-state index is 0.00365. The van der Waals surface area contributed by atoms with Crippen molar-refractivity contribution in [1.29, 1.82) is 0 Å². The van der Waals surface area contributed by atoms with Crippen LogP contribution in [0.4, 0.5) is 4.39 Å². The van der Waals surface area contributed by atoms with E-state index in [-0.39, 0.29) is 11.1 Å². The molecule has 3 aromatic rings. The summed E-state index contributed by atoms with van der Waals surface area (Å²) in [6.07, 6.45) is 1.16. The molecule has 2 aromatic heterocycles. The van der Waals surface area contributed by atoms with Gasteiger partial charge in [0.15, 0.2) is 0 Å². The fourth-order valence-corrected chi connectivity index (χ4v) is 2.91. The Kier molecular flexibility index (Phi) is 3.62. The molecule has 106 valence electrons.